The average Bonchev–Trinajstić information content (AvgIpc) is 2.36. The van der Waals surface area contributed by atoms with Crippen molar-refractivity contribution in [2.24, 2.45) is 0 Å². The molecule has 0 rings (SSSR count). The number of esters is 2. The highest BCUT2D eigenvalue weighted by molar-refractivity contribution is 5.83. The number of carbonyl (C=O) groups excluding carboxylic acids is 2. The van der Waals surface area contributed by atoms with Gasteiger partial charge in [-0.3, -0.25) is 0 Å². The Bertz CT molecular complexity index is 359. The van der Waals surface area contributed by atoms with Crippen molar-refractivity contribution in [3.63, 3.8) is 0 Å². The fourth-order valence-electron chi connectivity index (χ4n) is 0.826. The summed E-state index contributed by atoms with van der Waals surface area (Å²) in [5.41, 5.74) is 0. The first-order valence-corrected chi connectivity index (χ1v) is 4.70. The second-order valence-corrected chi connectivity index (χ2v) is 3.11. The SMILES string of the molecule is C=CC(=O)OC(O)(OC(=O)C=C)C(F)(F)C(F)CO. The monoisotopic (exact) mass is 284 g/mol. The molecule has 0 fully saturated rings. The van der Waals surface area contributed by atoms with Gasteiger partial charge in [-0.2, -0.15) is 8.78 Å². The number of aliphatic hydroxyl groups excluding tert-OH is 1. The molecular weight excluding hydrogens is 273 g/mol. The Kier molecular flexibility index (Phi) is 5.72. The van der Waals surface area contributed by atoms with E-state index in [-0.39, 0.29) is 0 Å². The molecule has 1 unspecified atom stereocenters. The number of hydrogen-bond acceptors (Lipinski definition) is 6. The lowest BCUT2D eigenvalue weighted by molar-refractivity contribution is -0.415. The smallest absolute Gasteiger partial charge is 0.393 e. The quantitative estimate of drug-likeness (QED) is 0.390. The zero-order chi connectivity index (χ0) is 15.3. The summed E-state index contributed by atoms with van der Waals surface area (Å²) in [5, 5.41) is 17.7. The zero-order valence-electron chi connectivity index (χ0n) is 9.51. The molecule has 0 spiro atoms. The largest absolute Gasteiger partial charge is 0.445 e. The lowest BCUT2D eigenvalue weighted by Crippen LogP contribution is -2.59. The molecule has 19 heavy (non-hydrogen) atoms. The van der Waals surface area contributed by atoms with E-state index in [2.05, 4.69) is 22.6 Å². The lowest BCUT2D eigenvalue weighted by atomic mass is 10.1. The maximum Gasteiger partial charge on any atom is 0.445 e. The molecule has 0 aromatic rings. The molecule has 0 bridgehead atoms. The Hall–Kier alpha value is -1.87. The Labute approximate surface area is 105 Å². The second kappa shape index (κ2) is 6.34. The molecule has 108 valence electrons. The second-order valence-electron chi connectivity index (χ2n) is 3.11. The summed E-state index contributed by atoms with van der Waals surface area (Å²) in [6, 6.07) is 0. The van der Waals surface area contributed by atoms with Gasteiger partial charge < -0.3 is 19.7 Å². The number of halogens is 3. The Morgan fingerprint density at radius 3 is 1.84 bits per heavy atom. The minimum Gasteiger partial charge on any atom is -0.393 e. The number of aliphatic hydroxyl groups is 2. The van der Waals surface area contributed by atoms with Gasteiger partial charge >= 0.3 is 23.8 Å². The third-order valence-electron chi connectivity index (χ3n) is 1.79. The maximum absolute atomic E-state index is 13.5. The first-order chi connectivity index (χ1) is 8.64. The predicted octanol–water partition coefficient (Wildman–Crippen LogP) is 0.0566. The number of alkyl halides is 3. The topological polar surface area (TPSA) is 93.1 Å². The molecule has 2 N–H and O–H groups in total. The van der Waals surface area contributed by atoms with E-state index < -0.39 is 36.6 Å². The van der Waals surface area contributed by atoms with Gasteiger partial charge in [0.15, 0.2) is 6.17 Å². The van der Waals surface area contributed by atoms with Crippen molar-refractivity contribution in [1.29, 1.82) is 0 Å². The van der Waals surface area contributed by atoms with Crippen molar-refractivity contribution in [3.05, 3.63) is 25.3 Å². The highest BCUT2D eigenvalue weighted by atomic mass is 19.3. The van der Waals surface area contributed by atoms with Crippen LogP contribution in [0.15, 0.2) is 25.3 Å². The molecule has 9 heteroatoms. The highest BCUT2D eigenvalue weighted by Crippen LogP contribution is 2.36. The van der Waals surface area contributed by atoms with Crippen LogP contribution in [0.25, 0.3) is 0 Å². The van der Waals surface area contributed by atoms with Crippen molar-refractivity contribution in [2.75, 3.05) is 6.61 Å². The third kappa shape index (κ3) is 3.80. The highest BCUT2D eigenvalue weighted by Gasteiger charge is 2.65. The molecule has 0 aromatic heterocycles. The molecule has 0 amide bonds. The van der Waals surface area contributed by atoms with E-state index in [4.69, 9.17) is 5.11 Å². The Morgan fingerprint density at radius 1 is 1.21 bits per heavy atom. The molecule has 0 aliphatic heterocycles. The van der Waals surface area contributed by atoms with Crippen molar-refractivity contribution >= 4 is 11.9 Å². The normalized spacial score (nSPS) is 13.3. The number of hydrogen-bond donors (Lipinski definition) is 2. The minimum absolute atomic E-state index is 0.370. The van der Waals surface area contributed by atoms with Gasteiger partial charge in [-0.25, -0.2) is 14.0 Å². The van der Waals surface area contributed by atoms with Crippen LogP contribution < -0.4 is 0 Å². The molecule has 6 nitrogen and oxygen atoms in total. The maximum atomic E-state index is 13.5. The molecule has 0 saturated carbocycles. The minimum atomic E-state index is -4.92. The van der Waals surface area contributed by atoms with Crippen LogP contribution in [0, 0.1) is 0 Å². The fraction of sp³-hybridized carbons (Fsp3) is 0.400. The number of rotatable bonds is 7. The molecule has 0 aromatic carbocycles. The summed E-state index contributed by atoms with van der Waals surface area (Å²) < 4.78 is 47.3. The third-order valence-corrected chi connectivity index (χ3v) is 1.79. The van der Waals surface area contributed by atoms with Gasteiger partial charge in [0.05, 0.1) is 6.61 Å². The van der Waals surface area contributed by atoms with Crippen LogP contribution in [0.3, 0.4) is 0 Å². The van der Waals surface area contributed by atoms with Gasteiger partial charge in [-0.05, 0) is 0 Å². The summed E-state index contributed by atoms with van der Waals surface area (Å²) in [4.78, 5) is 21.6. The standard InChI is InChI=1S/C10H11F3O6/c1-3-7(15)18-10(17,19-8(16)4-2)9(12,13)6(11)5-14/h3-4,6,14,17H,1-2,5H2. The van der Waals surface area contributed by atoms with Crippen LogP contribution >= 0.6 is 0 Å². The fourth-order valence-corrected chi connectivity index (χ4v) is 0.826. The van der Waals surface area contributed by atoms with Gasteiger partial charge in [0.25, 0.3) is 0 Å². The van der Waals surface area contributed by atoms with Crippen LogP contribution in [0.5, 0.6) is 0 Å². The number of carbonyl (C=O) groups is 2. The summed E-state index contributed by atoms with van der Waals surface area (Å²) >= 11 is 0. The van der Waals surface area contributed by atoms with Crippen LogP contribution in [0.1, 0.15) is 0 Å². The first kappa shape index (κ1) is 17.1. The van der Waals surface area contributed by atoms with Crippen molar-refractivity contribution in [1.82, 2.24) is 0 Å². The van der Waals surface area contributed by atoms with Crippen molar-refractivity contribution in [2.45, 2.75) is 18.1 Å². The van der Waals surface area contributed by atoms with Gasteiger partial charge in [0.1, 0.15) is 0 Å². The summed E-state index contributed by atoms with van der Waals surface area (Å²) in [6.45, 7) is 4.00. The van der Waals surface area contributed by atoms with E-state index >= 15 is 0 Å². The summed E-state index contributed by atoms with van der Waals surface area (Å²) in [6.07, 6.45) is -2.61. The van der Waals surface area contributed by atoms with E-state index in [0.717, 1.165) is 0 Å². The van der Waals surface area contributed by atoms with E-state index in [0.29, 0.717) is 12.2 Å². The molecule has 0 saturated heterocycles. The summed E-state index contributed by atoms with van der Waals surface area (Å²) in [7, 11) is 0. The lowest BCUT2D eigenvalue weighted by Gasteiger charge is -2.33. The molecule has 0 aliphatic rings. The van der Waals surface area contributed by atoms with Crippen LogP contribution in [-0.4, -0.2) is 46.8 Å². The predicted molar refractivity (Wildman–Crippen MR) is 54.5 cm³/mol. The summed E-state index contributed by atoms with van der Waals surface area (Å²) in [5.74, 6) is -12.4. The van der Waals surface area contributed by atoms with Crippen LogP contribution in [0.2, 0.25) is 0 Å². The Morgan fingerprint density at radius 2 is 1.58 bits per heavy atom. The van der Waals surface area contributed by atoms with Gasteiger partial charge in [-0.1, -0.05) is 13.2 Å². The Balaban J connectivity index is 5.47. The van der Waals surface area contributed by atoms with Crippen LogP contribution in [-0.2, 0) is 19.1 Å². The van der Waals surface area contributed by atoms with E-state index in [1.54, 1.807) is 0 Å². The molecular formula is C10H11F3O6. The molecule has 0 heterocycles. The van der Waals surface area contributed by atoms with Crippen molar-refractivity contribution in [3.8, 4) is 0 Å². The molecule has 1 atom stereocenters. The van der Waals surface area contributed by atoms with E-state index in [1.165, 1.54) is 0 Å². The first-order valence-electron chi connectivity index (χ1n) is 4.70. The molecule has 0 radical (unpaired) electrons. The van der Waals surface area contributed by atoms with Crippen LogP contribution in [0.4, 0.5) is 13.2 Å². The van der Waals surface area contributed by atoms with Crippen molar-refractivity contribution < 1.29 is 42.4 Å². The van der Waals surface area contributed by atoms with E-state index in [1.807, 2.05) is 0 Å². The molecule has 0 aliphatic carbocycles. The van der Waals surface area contributed by atoms with Gasteiger partial charge in [0.2, 0.25) is 0 Å². The van der Waals surface area contributed by atoms with Gasteiger partial charge in [0, 0.05) is 12.2 Å². The van der Waals surface area contributed by atoms with E-state index in [9.17, 15) is 27.9 Å². The average molecular weight is 284 g/mol. The number of ether oxygens (including phenoxy) is 2. The van der Waals surface area contributed by atoms with Gasteiger partial charge in [-0.15, -0.1) is 0 Å². The zero-order valence-corrected chi connectivity index (χ0v) is 9.51.